The highest BCUT2D eigenvalue weighted by Crippen LogP contribution is 2.12. The Morgan fingerprint density at radius 2 is 1.95 bits per heavy atom. The van der Waals surface area contributed by atoms with Gasteiger partial charge in [-0.05, 0) is 25.0 Å². The molecule has 0 atom stereocenters. The van der Waals surface area contributed by atoms with Crippen LogP contribution in [0.3, 0.4) is 0 Å². The van der Waals surface area contributed by atoms with Crippen LogP contribution in [0.5, 0.6) is 0 Å². The fourth-order valence-corrected chi connectivity index (χ4v) is 1.44. The van der Waals surface area contributed by atoms with Crippen molar-refractivity contribution in [2.75, 3.05) is 24.1 Å². The number of carbonyl (C=O) groups excluding carboxylic acids is 1. The number of nitrogens with two attached hydrogens (primary N) is 1. The van der Waals surface area contributed by atoms with Gasteiger partial charge in [-0.3, -0.25) is 4.79 Å². The summed E-state index contributed by atoms with van der Waals surface area (Å²) in [5.41, 5.74) is 5.90. The molecule has 0 aromatic carbocycles. The lowest BCUT2D eigenvalue weighted by Gasteiger charge is -2.17. The Morgan fingerprint density at radius 1 is 1.26 bits per heavy atom. The second kappa shape index (κ2) is 6.97. The van der Waals surface area contributed by atoms with E-state index in [1.165, 1.54) is 0 Å². The summed E-state index contributed by atoms with van der Waals surface area (Å²) in [6.45, 7) is 7.29. The van der Waals surface area contributed by atoms with Crippen LogP contribution in [0.25, 0.3) is 0 Å². The fourth-order valence-electron chi connectivity index (χ4n) is 1.44. The number of carbonyl (C=O) groups is 1. The quantitative estimate of drug-likeness (QED) is 0.687. The van der Waals surface area contributed by atoms with Crippen molar-refractivity contribution in [3.63, 3.8) is 0 Å². The van der Waals surface area contributed by atoms with E-state index in [1.54, 1.807) is 6.20 Å². The lowest BCUT2D eigenvalue weighted by atomic mass is 9.96. The molecule has 0 aliphatic rings. The summed E-state index contributed by atoms with van der Waals surface area (Å²) >= 11 is 0. The highest BCUT2D eigenvalue weighted by Gasteiger charge is 2.19. The highest BCUT2D eigenvalue weighted by molar-refractivity contribution is 5.81. The van der Waals surface area contributed by atoms with E-state index in [9.17, 15) is 4.79 Å². The number of nitrogen functional groups attached to an aromatic ring is 1. The molecule has 106 valence electrons. The second-order valence-electron chi connectivity index (χ2n) is 5.62. The van der Waals surface area contributed by atoms with Crippen molar-refractivity contribution in [2.45, 2.75) is 33.6 Å². The van der Waals surface area contributed by atoms with Gasteiger partial charge in [-0.1, -0.05) is 20.8 Å². The lowest BCUT2D eigenvalue weighted by molar-refractivity contribution is -0.128. The van der Waals surface area contributed by atoms with Crippen molar-refractivity contribution in [1.29, 1.82) is 0 Å². The largest absolute Gasteiger partial charge is 0.397 e. The van der Waals surface area contributed by atoms with E-state index in [0.717, 1.165) is 25.2 Å². The summed E-state index contributed by atoms with van der Waals surface area (Å²) in [7, 11) is 0. The molecule has 1 amide bonds. The molecule has 0 fully saturated rings. The van der Waals surface area contributed by atoms with Crippen molar-refractivity contribution < 1.29 is 4.79 Å². The molecule has 4 N–H and O–H groups in total. The van der Waals surface area contributed by atoms with Gasteiger partial charge in [0.1, 0.15) is 5.82 Å². The first kappa shape index (κ1) is 15.3. The normalized spacial score (nSPS) is 11.1. The molecular weight excluding hydrogens is 240 g/mol. The number of amides is 1. The van der Waals surface area contributed by atoms with Crippen LogP contribution in [0.4, 0.5) is 11.5 Å². The van der Waals surface area contributed by atoms with Gasteiger partial charge < -0.3 is 16.4 Å². The maximum absolute atomic E-state index is 11.6. The smallest absolute Gasteiger partial charge is 0.225 e. The third-order valence-corrected chi connectivity index (χ3v) is 2.66. The van der Waals surface area contributed by atoms with Crippen molar-refractivity contribution in [2.24, 2.45) is 5.41 Å². The summed E-state index contributed by atoms with van der Waals surface area (Å²) < 4.78 is 0. The third-order valence-electron chi connectivity index (χ3n) is 2.66. The predicted octanol–water partition coefficient (Wildman–Crippen LogP) is 2.02. The summed E-state index contributed by atoms with van der Waals surface area (Å²) in [4.78, 5) is 15.8. The molecule has 5 nitrogen and oxygen atoms in total. The minimum absolute atomic E-state index is 0.0978. The summed E-state index contributed by atoms with van der Waals surface area (Å²) in [5, 5.41) is 6.14. The monoisotopic (exact) mass is 264 g/mol. The van der Waals surface area contributed by atoms with E-state index in [4.69, 9.17) is 5.73 Å². The van der Waals surface area contributed by atoms with Crippen LogP contribution in [-0.4, -0.2) is 24.0 Å². The molecule has 19 heavy (non-hydrogen) atoms. The topological polar surface area (TPSA) is 80.0 Å². The molecule has 0 spiro atoms. The molecule has 1 aromatic rings. The number of pyridine rings is 1. The number of unbranched alkanes of at least 4 members (excludes halogenated alkanes) is 1. The van der Waals surface area contributed by atoms with Crippen molar-refractivity contribution in [1.82, 2.24) is 10.3 Å². The third kappa shape index (κ3) is 6.08. The Morgan fingerprint density at radius 3 is 2.53 bits per heavy atom. The Kier molecular flexibility index (Phi) is 5.60. The molecule has 0 saturated heterocycles. The first-order chi connectivity index (χ1) is 8.89. The van der Waals surface area contributed by atoms with Gasteiger partial charge in [0.2, 0.25) is 5.91 Å². The van der Waals surface area contributed by atoms with Crippen LogP contribution in [-0.2, 0) is 4.79 Å². The van der Waals surface area contributed by atoms with Gasteiger partial charge in [0.25, 0.3) is 0 Å². The molecule has 1 heterocycles. The van der Waals surface area contributed by atoms with Gasteiger partial charge in [-0.2, -0.15) is 0 Å². The van der Waals surface area contributed by atoms with Crippen molar-refractivity contribution >= 4 is 17.4 Å². The molecule has 0 saturated carbocycles. The Balaban J connectivity index is 2.09. The van der Waals surface area contributed by atoms with Crippen LogP contribution in [0.15, 0.2) is 18.3 Å². The molecule has 0 bridgehead atoms. The number of nitrogens with zero attached hydrogens (tertiary/aromatic N) is 1. The number of aromatic nitrogens is 1. The minimum Gasteiger partial charge on any atom is -0.397 e. The molecular formula is C14H24N4O. The van der Waals surface area contributed by atoms with Crippen molar-refractivity contribution in [3.05, 3.63) is 18.3 Å². The van der Waals surface area contributed by atoms with Gasteiger partial charge in [0, 0.05) is 18.5 Å². The standard InChI is InChI=1S/C14H24N4O/c1-14(2,3)13(19)17-9-5-4-8-16-12-7-6-11(15)10-18-12/h6-7,10H,4-5,8-9,15H2,1-3H3,(H,16,18)(H,17,19). The van der Waals surface area contributed by atoms with E-state index < -0.39 is 0 Å². The van der Waals surface area contributed by atoms with E-state index in [1.807, 2.05) is 32.9 Å². The highest BCUT2D eigenvalue weighted by atomic mass is 16.2. The molecule has 1 aromatic heterocycles. The zero-order chi connectivity index (χ0) is 14.3. The van der Waals surface area contributed by atoms with Crippen LogP contribution < -0.4 is 16.4 Å². The zero-order valence-corrected chi connectivity index (χ0v) is 12.0. The van der Waals surface area contributed by atoms with Crippen molar-refractivity contribution in [3.8, 4) is 0 Å². The molecule has 5 heteroatoms. The molecule has 0 aliphatic heterocycles. The maximum Gasteiger partial charge on any atom is 0.225 e. The van der Waals surface area contributed by atoms with Gasteiger partial charge in [0.05, 0.1) is 11.9 Å². The van der Waals surface area contributed by atoms with Gasteiger partial charge >= 0.3 is 0 Å². The summed E-state index contributed by atoms with van der Waals surface area (Å²) in [5.74, 6) is 0.925. The fraction of sp³-hybridized carbons (Fsp3) is 0.571. The summed E-state index contributed by atoms with van der Waals surface area (Å²) in [6, 6.07) is 3.68. The first-order valence-corrected chi connectivity index (χ1v) is 6.63. The lowest BCUT2D eigenvalue weighted by Crippen LogP contribution is -2.35. The van der Waals surface area contributed by atoms with E-state index in [0.29, 0.717) is 12.2 Å². The number of anilines is 2. The van der Waals surface area contributed by atoms with Crippen LogP contribution in [0.1, 0.15) is 33.6 Å². The Bertz CT molecular complexity index is 395. The number of rotatable bonds is 6. The van der Waals surface area contributed by atoms with E-state index >= 15 is 0 Å². The SMILES string of the molecule is CC(C)(C)C(=O)NCCCCNc1ccc(N)cn1. The Hall–Kier alpha value is -1.78. The second-order valence-corrected chi connectivity index (χ2v) is 5.62. The average Bonchev–Trinajstić information content (AvgIpc) is 2.34. The predicted molar refractivity (Wildman–Crippen MR) is 78.8 cm³/mol. The van der Waals surface area contributed by atoms with Gasteiger partial charge in [-0.15, -0.1) is 0 Å². The summed E-state index contributed by atoms with van der Waals surface area (Å²) in [6.07, 6.45) is 3.56. The van der Waals surface area contributed by atoms with Gasteiger partial charge in [0.15, 0.2) is 0 Å². The Labute approximate surface area is 115 Å². The van der Waals surface area contributed by atoms with E-state index in [2.05, 4.69) is 15.6 Å². The number of hydrogen-bond acceptors (Lipinski definition) is 4. The van der Waals surface area contributed by atoms with E-state index in [-0.39, 0.29) is 11.3 Å². The maximum atomic E-state index is 11.6. The molecule has 0 radical (unpaired) electrons. The minimum atomic E-state index is -0.313. The van der Waals surface area contributed by atoms with Crippen LogP contribution in [0, 0.1) is 5.41 Å². The zero-order valence-electron chi connectivity index (χ0n) is 12.0. The average molecular weight is 264 g/mol. The van der Waals surface area contributed by atoms with Crippen LogP contribution in [0.2, 0.25) is 0 Å². The van der Waals surface area contributed by atoms with Crippen LogP contribution >= 0.6 is 0 Å². The molecule has 1 rings (SSSR count). The first-order valence-electron chi connectivity index (χ1n) is 6.63. The number of hydrogen-bond donors (Lipinski definition) is 3. The molecule has 0 unspecified atom stereocenters. The number of nitrogens with one attached hydrogen (secondary N) is 2. The van der Waals surface area contributed by atoms with Gasteiger partial charge in [-0.25, -0.2) is 4.98 Å². The molecule has 0 aliphatic carbocycles.